The fraction of sp³-hybridized carbons (Fsp3) is 0.400. The molecule has 0 saturated heterocycles. The SMILES string of the molecule is CC1OCc2cc(OC[Si](Cl)(Cl)Cl)ccc2O1. The van der Waals surface area contributed by atoms with Gasteiger partial charge in [-0.25, -0.2) is 0 Å². The first kappa shape index (κ1) is 13.3. The molecule has 0 aliphatic carbocycles. The van der Waals surface area contributed by atoms with Crippen molar-refractivity contribution in [2.24, 2.45) is 0 Å². The van der Waals surface area contributed by atoms with Crippen molar-refractivity contribution in [3.8, 4) is 11.5 Å². The molecule has 0 fully saturated rings. The molecule has 0 spiro atoms. The quantitative estimate of drug-likeness (QED) is 0.631. The summed E-state index contributed by atoms with van der Waals surface area (Å²) in [4.78, 5) is 0. The first-order valence-corrected chi connectivity index (χ1v) is 10.3. The Morgan fingerprint density at radius 3 is 2.88 bits per heavy atom. The smallest absolute Gasteiger partial charge is 0.377 e. The van der Waals surface area contributed by atoms with Crippen LogP contribution in [0.15, 0.2) is 18.2 Å². The summed E-state index contributed by atoms with van der Waals surface area (Å²) in [6.45, 7) is 2.35. The molecule has 1 aromatic carbocycles. The van der Waals surface area contributed by atoms with Gasteiger partial charge in [0.25, 0.3) is 0 Å². The van der Waals surface area contributed by atoms with Crippen LogP contribution in [0.2, 0.25) is 0 Å². The van der Waals surface area contributed by atoms with Crippen LogP contribution in [0.5, 0.6) is 11.5 Å². The third-order valence-electron chi connectivity index (χ3n) is 2.20. The maximum Gasteiger partial charge on any atom is 0.377 e. The van der Waals surface area contributed by atoms with Crippen LogP contribution in [0.3, 0.4) is 0 Å². The van der Waals surface area contributed by atoms with Crippen molar-refractivity contribution in [3.63, 3.8) is 0 Å². The number of benzene rings is 1. The molecule has 3 nitrogen and oxygen atoms in total. The Hall–Kier alpha value is -0.133. The molecule has 17 heavy (non-hydrogen) atoms. The van der Waals surface area contributed by atoms with Gasteiger partial charge in [-0.05, 0) is 25.1 Å². The molecule has 0 saturated carbocycles. The van der Waals surface area contributed by atoms with E-state index in [-0.39, 0.29) is 12.5 Å². The molecular weight excluding hydrogens is 303 g/mol. The lowest BCUT2D eigenvalue weighted by atomic mass is 10.2. The van der Waals surface area contributed by atoms with Crippen LogP contribution in [-0.4, -0.2) is 18.5 Å². The molecule has 7 heteroatoms. The Morgan fingerprint density at radius 2 is 2.18 bits per heavy atom. The van der Waals surface area contributed by atoms with Crippen molar-refractivity contribution in [2.45, 2.75) is 19.8 Å². The first-order chi connectivity index (χ1) is 7.94. The topological polar surface area (TPSA) is 27.7 Å². The van der Waals surface area contributed by atoms with Crippen LogP contribution in [0.25, 0.3) is 0 Å². The maximum atomic E-state index is 5.74. The van der Waals surface area contributed by atoms with Crippen LogP contribution in [0.4, 0.5) is 0 Å². The molecule has 2 rings (SSSR count). The number of halogens is 3. The second kappa shape index (κ2) is 5.24. The molecule has 1 heterocycles. The van der Waals surface area contributed by atoms with Gasteiger partial charge in [0, 0.05) is 5.56 Å². The highest BCUT2D eigenvalue weighted by Crippen LogP contribution is 2.30. The number of ether oxygens (including phenoxy) is 3. The molecular formula is C10H11Cl3O3Si. The van der Waals surface area contributed by atoms with Gasteiger partial charge >= 0.3 is 6.00 Å². The summed E-state index contributed by atoms with van der Waals surface area (Å²) in [7, 11) is 0. The van der Waals surface area contributed by atoms with Gasteiger partial charge in [0.1, 0.15) is 17.7 Å². The van der Waals surface area contributed by atoms with Gasteiger partial charge in [0.05, 0.1) is 6.61 Å². The van der Waals surface area contributed by atoms with E-state index in [1.54, 1.807) is 6.07 Å². The molecule has 1 aliphatic rings. The summed E-state index contributed by atoms with van der Waals surface area (Å²) in [5, 5.41) is 0. The van der Waals surface area contributed by atoms with Crippen LogP contribution >= 0.6 is 33.2 Å². The minimum atomic E-state index is -2.75. The number of fused-ring (bicyclic) bond motifs is 1. The Balaban J connectivity index is 2.06. The maximum absolute atomic E-state index is 5.74. The first-order valence-electron chi connectivity index (χ1n) is 5.05. The second-order valence-corrected chi connectivity index (χ2v) is 12.7. The van der Waals surface area contributed by atoms with E-state index in [0.717, 1.165) is 11.3 Å². The highest BCUT2D eigenvalue weighted by molar-refractivity contribution is 7.64. The number of rotatable bonds is 3. The molecule has 0 amide bonds. The number of hydrogen-bond acceptors (Lipinski definition) is 3. The van der Waals surface area contributed by atoms with Gasteiger partial charge in [-0.15, -0.1) is 33.2 Å². The minimum Gasteiger partial charge on any atom is -0.493 e. The highest BCUT2D eigenvalue weighted by Gasteiger charge is 2.26. The van der Waals surface area contributed by atoms with E-state index in [0.29, 0.717) is 12.4 Å². The van der Waals surface area contributed by atoms with E-state index in [9.17, 15) is 0 Å². The van der Waals surface area contributed by atoms with Gasteiger partial charge in [0.2, 0.25) is 0 Å². The van der Waals surface area contributed by atoms with Crippen molar-refractivity contribution in [1.29, 1.82) is 0 Å². The van der Waals surface area contributed by atoms with Crippen molar-refractivity contribution >= 4 is 39.2 Å². The van der Waals surface area contributed by atoms with Crippen molar-refractivity contribution in [1.82, 2.24) is 0 Å². The molecule has 0 bridgehead atoms. The van der Waals surface area contributed by atoms with Gasteiger partial charge < -0.3 is 14.2 Å². The largest absolute Gasteiger partial charge is 0.493 e. The van der Waals surface area contributed by atoms with E-state index in [1.165, 1.54) is 0 Å². The standard InChI is InChI=1S/C10H11Cl3O3Si/c1-7-14-5-8-4-9(2-3-10(8)16-7)15-6-17(11,12)13/h2-4,7H,5-6H2,1H3. The Labute approximate surface area is 115 Å². The Morgan fingerprint density at radius 1 is 1.41 bits per heavy atom. The van der Waals surface area contributed by atoms with Gasteiger partial charge in [-0.1, -0.05) is 0 Å². The summed E-state index contributed by atoms with van der Waals surface area (Å²) in [5.74, 6) is 1.46. The Bertz CT molecular complexity index is 408. The fourth-order valence-electron chi connectivity index (χ4n) is 1.46. The van der Waals surface area contributed by atoms with Crippen molar-refractivity contribution in [2.75, 3.05) is 6.23 Å². The zero-order chi connectivity index (χ0) is 12.5. The van der Waals surface area contributed by atoms with E-state index in [2.05, 4.69) is 0 Å². The third kappa shape index (κ3) is 3.93. The molecule has 0 radical (unpaired) electrons. The fourth-order valence-corrected chi connectivity index (χ4v) is 2.28. The van der Waals surface area contributed by atoms with Crippen molar-refractivity contribution in [3.05, 3.63) is 23.8 Å². The van der Waals surface area contributed by atoms with E-state index >= 15 is 0 Å². The molecule has 1 atom stereocenters. The van der Waals surface area contributed by atoms with Crippen molar-refractivity contribution < 1.29 is 14.2 Å². The van der Waals surface area contributed by atoms with Gasteiger partial charge in [-0.3, -0.25) is 0 Å². The van der Waals surface area contributed by atoms with Crippen LogP contribution in [-0.2, 0) is 11.3 Å². The minimum absolute atomic E-state index is 0.134. The lowest BCUT2D eigenvalue weighted by Gasteiger charge is -2.24. The normalized spacial score (nSPS) is 19.4. The average molecular weight is 314 g/mol. The summed E-state index contributed by atoms with van der Waals surface area (Å²) >= 11 is 17.2. The van der Waals surface area contributed by atoms with Gasteiger partial charge in [0.15, 0.2) is 6.29 Å². The zero-order valence-electron chi connectivity index (χ0n) is 9.08. The predicted molar refractivity (Wildman–Crippen MR) is 70.1 cm³/mol. The summed E-state index contributed by atoms with van der Waals surface area (Å²) in [6, 6.07) is 2.72. The predicted octanol–water partition coefficient (Wildman–Crippen LogP) is 3.51. The van der Waals surface area contributed by atoms with E-state index in [4.69, 9.17) is 47.4 Å². The molecule has 0 aromatic heterocycles. The monoisotopic (exact) mass is 312 g/mol. The molecule has 94 valence electrons. The lowest BCUT2D eigenvalue weighted by Crippen LogP contribution is -2.23. The van der Waals surface area contributed by atoms with Crippen LogP contribution < -0.4 is 9.47 Å². The molecule has 1 unspecified atom stereocenters. The summed E-state index contributed by atoms with van der Waals surface area (Å²) < 4.78 is 16.3. The number of hydrogen-bond donors (Lipinski definition) is 0. The zero-order valence-corrected chi connectivity index (χ0v) is 12.4. The lowest BCUT2D eigenvalue weighted by molar-refractivity contribution is -0.0944. The van der Waals surface area contributed by atoms with Crippen LogP contribution in [0.1, 0.15) is 12.5 Å². The third-order valence-corrected chi connectivity index (χ3v) is 3.65. The Kier molecular flexibility index (Phi) is 4.10. The van der Waals surface area contributed by atoms with Crippen LogP contribution in [0, 0.1) is 0 Å². The average Bonchev–Trinajstić information content (AvgIpc) is 2.25. The molecule has 1 aromatic rings. The second-order valence-electron chi connectivity index (χ2n) is 3.67. The molecule has 1 aliphatic heterocycles. The van der Waals surface area contributed by atoms with Gasteiger partial charge in [-0.2, -0.15) is 0 Å². The summed E-state index contributed by atoms with van der Waals surface area (Å²) in [5.41, 5.74) is 0.937. The van der Waals surface area contributed by atoms with E-state index < -0.39 is 6.00 Å². The highest BCUT2D eigenvalue weighted by atomic mass is 35.8. The molecule has 0 N–H and O–H groups in total. The summed E-state index contributed by atoms with van der Waals surface area (Å²) in [6.07, 6.45) is -0.0861. The van der Waals surface area contributed by atoms with E-state index in [1.807, 2.05) is 19.1 Å².